The third kappa shape index (κ3) is 5.47. The zero-order valence-corrected chi connectivity index (χ0v) is 9.42. The fourth-order valence-corrected chi connectivity index (χ4v) is 1.77. The fraction of sp³-hybridized carbons (Fsp3) is 0.692. The fourth-order valence-electron chi connectivity index (χ4n) is 1.77. The van der Waals surface area contributed by atoms with Crippen molar-refractivity contribution in [1.29, 1.82) is 0 Å². The molecule has 0 saturated heterocycles. The first kappa shape index (κ1) is 12.1. The van der Waals surface area contributed by atoms with Crippen molar-refractivity contribution in [2.75, 3.05) is 7.11 Å². The summed E-state index contributed by atoms with van der Waals surface area (Å²) in [4.78, 5) is 10.8. The third-order valence-corrected chi connectivity index (χ3v) is 2.76. The molecule has 0 aromatic heterocycles. The van der Waals surface area contributed by atoms with E-state index in [0.29, 0.717) is 12.8 Å². The highest BCUT2D eigenvalue weighted by molar-refractivity contribution is 5.69. The van der Waals surface area contributed by atoms with E-state index in [0.717, 1.165) is 12.3 Å². The first-order valence-corrected chi connectivity index (χ1v) is 5.67. The van der Waals surface area contributed by atoms with Gasteiger partial charge < -0.3 is 4.74 Å². The first-order valence-electron chi connectivity index (χ1n) is 5.67. The van der Waals surface area contributed by atoms with Crippen LogP contribution in [0.1, 0.15) is 44.9 Å². The molecule has 1 aliphatic carbocycles. The van der Waals surface area contributed by atoms with Crippen LogP contribution in [0.4, 0.5) is 0 Å². The second-order valence-corrected chi connectivity index (χ2v) is 3.94. The van der Waals surface area contributed by atoms with E-state index in [9.17, 15) is 4.79 Å². The van der Waals surface area contributed by atoms with E-state index in [4.69, 9.17) is 0 Å². The quantitative estimate of drug-likeness (QED) is 0.525. The van der Waals surface area contributed by atoms with Crippen molar-refractivity contribution in [2.45, 2.75) is 44.9 Å². The summed E-state index contributed by atoms with van der Waals surface area (Å²) in [7, 11) is 1.41. The topological polar surface area (TPSA) is 26.3 Å². The molecule has 1 saturated carbocycles. The van der Waals surface area contributed by atoms with E-state index in [1.165, 1.54) is 32.8 Å². The minimum atomic E-state index is -0.170. The zero-order chi connectivity index (χ0) is 10.9. The lowest BCUT2D eigenvalue weighted by Crippen LogP contribution is -2.05. The monoisotopic (exact) mass is 207 g/mol. The van der Waals surface area contributed by atoms with Crippen LogP contribution in [-0.2, 0) is 9.53 Å². The maximum Gasteiger partial charge on any atom is 0.306 e. The van der Waals surface area contributed by atoms with Gasteiger partial charge in [0.2, 0.25) is 0 Å². The molecule has 2 nitrogen and oxygen atoms in total. The summed E-state index contributed by atoms with van der Waals surface area (Å²) in [5.41, 5.74) is 0. The van der Waals surface area contributed by atoms with Crippen LogP contribution < -0.4 is 0 Å². The molecule has 0 unspecified atom stereocenters. The number of carbonyl (C=O) groups is 1. The molecular formula is C13H19O2. The number of hydrogen-bond acceptors (Lipinski definition) is 2. The summed E-state index contributed by atoms with van der Waals surface area (Å²) in [6, 6.07) is 0. The normalized spacial score (nSPS) is 16.6. The van der Waals surface area contributed by atoms with Gasteiger partial charge in [0, 0.05) is 12.8 Å². The van der Waals surface area contributed by atoms with Gasteiger partial charge in [0.05, 0.1) is 13.5 Å². The molecule has 0 N–H and O–H groups in total. The van der Waals surface area contributed by atoms with Crippen LogP contribution in [0.5, 0.6) is 0 Å². The lowest BCUT2D eigenvalue weighted by Gasteiger charge is -2.18. The molecule has 1 fully saturated rings. The molecule has 0 aromatic carbocycles. The minimum Gasteiger partial charge on any atom is -0.469 e. The van der Waals surface area contributed by atoms with Crippen LogP contribution in [0.3, 0.4) is 0 Å². The molecule has 1 radical (unpaired) electrons. The van der Waals surface area contributed by atoms with Gasteiger partial charge in [0.1, 0.15) is 0 Å². The van der Waals surface area contributed by atoms with E-state index in [2.05, 4.69) is 23.0 Å². The number of carbonyl (C=O) groups excluding carboxylic acids is 1. The zero-order valence-electron chi connectivity index (χ0n) is 9.42. The highest BCUT2D eigenvalue weighted by Gasteiger charge is 2.11. The number of rotatable bonds is 3. The number of hydrogen-bond donors (Lipinski definition) is 0. The number of esters is 1. The molecule has 2 heteroatoms. The number of ether oxygens (including phenoxy) is 1. The molecule has 1 aliphatic rings. The first-order chi connectivity index (χ1) is 7.33. The van der Waals surface area contributed by atoms with Crippen LogP contribution in [0.25, 0.3) is 0 Å². The van der Waals surface area contributed by atoms with E-state index >= 15 is 0 Å². The van der Waals surface area contributed by atoms with Gasteiger partial charge in [-0.3, -0.25) is 4.79 Å². The van der Waals surface area contributed by atoms with Crippen molar-refractivity contribution < 1.29 is 9.53 Å². The van der Waals surface area contributed by atoms with Crippen LogP contribution in [-0.4, -0.2) is 13.1 Å². The second-order valence-electron chi connectivity index (χ2n) is 3.94. The Morgan fingerprint density at radius 3 is 2.80 bits per heavy atom. The van der Waals surface area contributed by atoms with Crippen molar-refractivity contribution in [3.05, 3.63) is 6.42 Å². The Balaban J connectivity index is 2.07. The van der Waals surface area contributed by atoms with Gasteiger partial charge in [-0.15, -0.1) is 11.8 Å². The van der Waals surface area contributed by atoms with E-state index in [-0.39, 0.29) is 5.97 Å². The average Bonchev–Trinajstić information content (AvgIpc) is 2.29. The van der Waals surface area contributed by atoms with Gasteiger partial charge in [-0.25, -0.2) is 0 Å². The van der Waals surface area contributed by atoms with Gasteiger partial charge in [-0.05, 0) is 38.0 Å². The summed E-state index contributed by atoms with van der Waals surface area (Å²) in [5, 5.41) is 0. The lowest BCUT2D eigenvalue weighted by molar-refractivity contribution is -0.140. The van der Waals surface area contributed by atoms with Crippen molar-refractivity contribution in [3.8, 4) is 11.8 Å². The maximum absolute atomic E-state index is 10.8. The Labute approximate surface area is 92.4 Å². The minimum absolute atomic E-state index is 0.170. The third-order valence-electron chi connectivity index (χ3n) is 2.76. The summed E-state index contributed by atoms with van der Waals surface area (Å²) in [5.74, 6) is 6.81. The Morgan fingerprint density at radius 2 is 2.13 bits per heavy atom. The highest BCUT2D eigenvalue weighted by Crippen LogP contribution is 2.24. The van der Waals surface area contributed by atoms with Gasteiger partial charge in [-0.1, -0.05) is 0 Å². The second kappa shape index (κ2) is 7.34. The molecule has 0 bridgehead atoms. The average molecular weight is 207 g/mol. The lowest BCUT2D eigenvalue weighted by atomic mass is 9.87. The predicted octanol–water partition coefficient (Wildman–Crippen LogP) is 2.73. The van der Waals surface area contributed by atoms with Crippen molar-refractivity contribution >= 4 is 5.97 Å². The molecule has 83 valence electrons. The molecular weight excluding hydrogens is 188 g/mol. The molecule has 15 heavy (non-hydrogen) atoms. The summed E-state index contributed by atoms with van der Waals surface area (Å²) < 4.78 is 4.54. The Hall–Kier alpha value is -0.970. The molecule has 0 aliphatic heterocycles. The SMILES string of the molecule is COC(=O)CCC#CCC1CC[CH]CC1. The standard InChI is InChI=1S/C13H19O2/c1-15-13(14)11-7-3-6-10-12-8-4-2-5-9-12/h2,12H,4-5,7-11H2,1H3. The van der Waals surface area contributed by atoms with Gasteiger partial charge in [0.25, 0.3) is 0 Å². The molecule has 0 heterocycles. The van der Waals surface area contributed by atoms with Crippen molar-refractivity contribution in [1.82, 2.24) is 0 Å². The van der Waals surface area contributed by atoms with Crippen molar-refractivity contribution in [2.24, 2.45) is 5.92 Å². The van der Waals surface area contributed by atoms with Gasteiger partial charge in [0.15, 0.2) is 0 Å². The predicted molar refractivity (Wildman–Crippen MR) is 59.9 cm³/mol. The van der Waals surface area contributed by atoms with Gasteiger partial charge >= 0.3 is 5.97 Å². The largest absolute Gasteiger partial charge is 0.469 e. The van der Waals surface area contributed by atoms with Crippen LogP contribution in [0, 0.1) is 24.2 Å². The summed E-state index contributed by atoms with van der Waals surface area (Å²) >= 11 is 0. The Morgan fingerprint density at radius 1 is 1.40 bits per heavy atom. The van der Waals surface area contributed by atoms with Crippen LogP contribution in [0.2, 0.25) is 0 Å². The highest BCUT2D eigenvalue weighted by atomic mass is 16.5. The summed E-state index contributed by atoms with van der Waals surface area (Å²) in [6.07, 6.45) is 9.46. The summed E-state index contributed by atoms with van der Waals surface area (Å²) in [6.45, 7) is 0. The Kier molecular flexibility index (Phi) is 5.92. The van der Waals surface area contributed by atoms with E-state index < -0.39 is 0 Å². The van der Waals surface area contributed by atoms with Gasteiger partial charge in [-0.2, -0.15) is 0 Å². The molecule has 0 spiro atoms. The molecule has 0 aromatic rings. The van der Waals surface area contributed by atoms with Crippen LogP contribution in [0.15, 0.2) is 0 Å². The number of methoxy groups -OCH3 is 1. The van der Waals surface area contributed by atoms with Crippen molar-refractivity contribution in [3.63, 3.8) is 0 Å². The Bertz CT molecular complexity index is 241. The molecule has 1 rings (SSSR count). The van der Waals surface area contributed by atoms with Crippen LogP contribution >= 0.6 is 0 Å². The van der Waals surface area contributed by atoms with E-state index in [1.54, 1.807) is 0 Å². The molecule has 0 amide bonds. The van der Waals surface area contributed by atoms with E-state index in [1.807, 2.05) is 0 Å². The maximum atomic E-state index is 10.8. The molecule has 0 atom stereocenters. The smallest absolute Gasteiger partial charge is 0.306 e.